The van der Waals surface area contributed by atoms with Gasteiger partial charge in [-0.1, -0.05) is 29.8 Å². The van der Waals surface area contributed by atoms with Gasteiger partial charge in [-0.2, -0.15) is 0 Å². The molecule has 0 bridgehead atoms. The number of carbonyl (C=O) groups excluding carboxylic acids is 1. The summed E-state index contributed by atoms with van der Waals surface area (Å²) in [6.07, 6.45) is 0.846. The molecule has 1 aromatic carbocycles. The van der Waals surface area contributed by atoms with E-state index in [2.05, 4.69) is 34.3 Å². The number of piperidine rings is 1. The topological polar surface area (TPSA) is 70.7 Å². The van der Waals surface area contributed by atoms with E-state index in [9.17, 15) is 4.79 Å². The smallest absolute Gasteiger partial charge is 0.230 e. The van der Waals surface area contributed by atoms with Crippen molar-refractivity contribution in [3.05, 3.63) is 35.4 Å². The molecule has 120 valence electrons. The van der Waals surface area contributed by atoms with Gasteiger partial charge in [-0.15, -0.1) is 0 Å². The van der Waals surface area contributed by atoms with Gasteiger partial charge in [-0.3, -0.25) is 9.79 Å². The fourth-order valence-electron chi connectivity index (χ4n) is 2.64. The lowest BCUT2D eigenvalue weighted by atomic mass is 9.94. The van der Waals surface area contributed by atoms with Gasteiger partial charge < -0.3 is 16.0 Å². The normalized spacial score (nSPS) is 21.0. The molecule has 22 heavy (non-hydrogen) atoms. The maximum Gasteiger partial charge on any atom is 0.230 e. The molecule has 5 heteroatoms. The van der Waals surface area contributed by atoms with E-state index < -0.39 is 0 Å². The third kappa shape index (κ3) is 4.64. The van der Waals surface area contributed by atoms with E-state index in [1.165, 1.54) is 5.56 Å². The molecule has 1 saturated heterocycles. The molecule has 0 aromatic heterocycles. The molecule has 1 aromatic rings. The van der Waals surface area contributed by atoms with E-state index in [-0.39, 0.29) is 11.8 Å². The number of rotatable bonds is 5. The van der Waals surface area contributed by atoms with Crippen LogP contribution < -0.4 is 11.1 Å². The van der Waals surface area contributed by atoms with Gasteiger partial charge in [-0.25, -0.2) is 0 Å². The number of nitrogens with two attached hydrogens (primary N) is 1. The Morgan fingerprint density at radius 1 is 1.41 bits per heavy atom. The summed E-state index contributed by atoms with van der Waals surface area (Å²) in [6, 6.07) is 8.21. The van der Waals surface area contributed by atoms with Crippen molar-refractivity contribution in [2.75, 3.05) is 33.2 Å². The number of aryl methyl sites for hydroxylation is 1. The lowest BCUT2D eigenvalue weighted by Gasteiger charge is -2.30. The zero-order valence-electron chi connectivity index (χ0n) is 13.5. The number of nitrogens with zero attached hydrogens (tertiary/aromatic N) is 2. The molecule has 0 spiro atoms. The minimum absolute atomic E-state index is 0.0582. The van der Waals surface area contributed by atoms with E-state index in [0.717, 1.165) is 30.8 Å². The predicted octanol–water partition coefficient (Wildman–Crippen LogP) is 0.963. The van der Waals surface area contributed by atoms with Crippen molar-refractivity contribution in [2.24, 2.45) is 16.6 Å². The van der Waals surface area contributed by atoms with Gasteiger partial charge in [0, 0.05) is 31.9 Å². The first-order valence-electron chi connectivity index (χ1n) is 7.85. The molecule has 1 aliphatic heterocycles. The molecule has 3 N–H and O–H groups in total. The standard InChI is InChI=1S/C17H26N4O/c1-13-3-5-14(6-4-13)11-20-17(22)15-12-21(2)10-7-16(15)19-9-8-18/h3-6,15H,7-12,18H2,1-2H3,(H,20,22). The number of likely N-dealkylation sites (tertiary alicyclic amines) is 1. The fourth-order valence-corrected chi connectivity index (χ4v) is 2.64. The van der Waals surface area contributed by atoms with E-state index in [0.29, 0.717) is 19.6 Å². The number of hydrogen-bond donors (Lipinski definition) is 2. The van der Waals surface area contributed by atoms with Crippen LogP contribution in [0.1, 0.15) is 17.5 Å². The number of carbonyl (C=O) groups is 1. The van der Waals surface area contributed by atoms with Crippen LogP contribution in [-0.2, 0) is 11.3 Å². The van der Waals surface area contributed by atoms with Crippen molar-refractivity contribution >= 4 is 11.6 Å². The number of hydrogen-bond acceptors (Lipinski definition) is 4. The molecule has 0 aliphatic carbocycles. The Bertz CT molecular complexity index is 524. The van der Waals surface area contributed by atoms with Crippen LogP contribution in [0.25, 0.3) is 0 Å². The fraction of sp³-hybridized carbons (Fsp3) is 0.529. The largest absolute Gasteiger partial charge is 0.351 e. The van der Waals surface area contributed by atoms with Gasteiger partial charge in [0.05, 0.1) is 12.5 Å². The Hall–Kier alpha value is -1.72. The second kappa shape index (κ2) is 8.06. The highest BCUT2D eigenvalue weighted by molar-refractivity contribution is 6.05. The first-order valence-corrected chi connectivity index (χ1v) is 7.85. The lowest BCUT2D eigenvalue weighted by Crippen LogP contribution is -2.46. The van der Waals surface area contributed by atoms with Crippen LogP contribution in [0.3, 0.4) is 0 Å². The third-order valence-electron chi connectivity index (χ3n) is 3.99. The van der Waals surface area contributed by atoms with Crippen LogP contribution in [0.2, 0.25) is 0 Å². The summed E-state index contributed by atoms with van der Waals surface area (Å²) in [6.45, 7) is 5.41. The second-order valence-corrected chi connectivity index (χ2v) is 5.93. The summed E-state index contributed by atoms with van der Waals surface area (Å²) < 4.78 is 0. The molecule has 0 radical (unpaired) electrons. The molecule has 1 aliphatic rings. The summed E-state index contributed by atoms with van der Waals surface area (Å²) in [4.78, 5) is 19.2. The lowest BCUT2D eigenvalue weighted by molar-refractivity contribution is -0.123. The molecule has 1 unspecified atom stereocenters. The van der Waals surface area contributed by atoms with Crippen molar-refractivity contribution in [1.82, 2.24) is 10.2 Å². The van der Waals surface area contributed by atoms with Crippen LogP contribution in [0, 0.1) is 12.8 Å². The van der Waals surface area contributed by atoms with Crippen LogP contribution in [-0.4, -0.2) is 49.7 Å². The average Bonchev–Trinajstić information content (AvgIpc) is 2.53. The summed E-state index contributed by atoms with van der Waals surface area (Å²) in [5, 5.41) is 3.04. The molecule has 0 saturated carbocycles. The van der Waals surface area contributed by atoms with Crippen molar-refractivity contribution in [3.63, 3.8) is 0 Å². The number of amides is 1. The minimum atomic E-state index is -0.157. The maximum atomic E-state index is 12.5. The van der Waals surface area contributed by atoms with Gasteiger partial charge in [-0.05, 0) is 26.0 Å². The van der Waals surface area contributed by atoms with Gasteiger partial charge in [0.2, 0.25) is 5.91 Å². The quantitative estimate of drug-likeness (QED) is 0.851. The Labute approximate surface area is 132 Å². The Morgan fingerprint density at radius 3 is 2.82 bits per heavy atom. The third-order valence-corrected chi connectivity index (χ3v) is 3.99. The van der Waals surface area contributed by atoms with Crippen molar-refractivity contribution < 1.29 is 4.79 Å². The molecule has 2 rings (SSSR count). The molecular formula is C17H26N4O. The van der Waals surface area contributed by atoms with Crippen LogP contribution >= 0.6 is 0 Å². The highest BCUT2D eigenvalue weighted by atomic mass is 16.1. The summed E-state index contributed by atoms with van der Waals surface area (Å²) >= 11 is 0. The number of nitrogens with one attached hydrogen (secondary N) is 1. The second-order valence-electron chi connectivity index (χ2n) is 5.93. The van der Waals surface area contributed by atoms with Gasteiger partial charge in [0.1, 0.15) is 0 Å². The highest BCUT2D eigenvalue weighted by Gasteiger charge is 2.29. The Kier molecular flexibility index (Phi) is 6.10. The molecular weight excluding hydrogens is 276 g/mol. The average molecular weight is 302 g/mol. The van der Waals surface area contributed by atoms with Gasteiger partial charge >= 0.3 is 0 Å². The molecule has 1 fully saturated rings. The predicted molar refractivity (Wildman–Crippen MR) is 90.0 cm³/mol. The summed E-state index contributed by atoms with van der Waals surface area (Å²) in [5.74, 6) is -0.0985. The van der Waals surface area contributed by atoms with Crippen LogP contribution in [0.5, 0.6) is 0 Å². The van der Waals surface area contributed by atoms with Gasteiger partial charge in [0.25, 0.3) is 0 Å². The SMILES string of the molecule is Cc1ccc(CNC(=O)C2CN(C)CCC2=NCCN)cc1. The highest BCUT2D eigenvalue weighted by Crippen LogP contribution is 2.14. The maximum absolute atomic E-state index is 12.5. The zero-order chi connectivity index (χ0) is 15.9. The van der Waals surface area contributed by atoms with Crippen molar-refractivity contribution in [1.29, 1.82) is 0 Å². The van der Waals surface area contributed by atoms with Crippen molar-refractivity contribution in [3.8, 4) is 0 Å². The molecule has 1 atom stereocenters. The van der Waals surface area contributed by atoms with Crippen LogP contribution in [0.15, 0.2) is 29.3 Å². The van der Waals surface area contributed by atoms with E-state index >= 15 is 0 Å². The van der Waals surface area contributed by atoms with E-state index in [1.807, 2.05) is 19.2 Å². The van der Waals surface area contributed by atoms with E-state index in [1.54, 1.807) is 0 Å². The Balaban J connectivity index is 1.97. The molecule has 1 amide bonds. The monoisotopic (exact) mass is 302 g/mol. The summed E-state index contributed by atoms with van der Waals surface area (Å²) in [5.41, 5.74) is 8.85. The zero-order valence-corrected chi connectivity index (χ0v) is 13.5. The molecule has 1 heterocycles. The van der Waals surface area contributed by atoms with Crippen molar-refractivity contribution in [2.45, 2.75) is 19.9 Å². The Morgan fingerprint density at radius 2 is 2.14 bits per heavy atom. The first-order chi connectivity index (χ1) is 10.6. The van der Waals surface area contributed by atoms with Gasteiger partial charge in [0.15, 0.2) is 0 Å². The van der Waals surface area contributed by atoms with Crippen LogP contribution in [0.4, 0.5) is 0 Å². The number of benzene rings is 1. The van der Waals surface area contributed by atoms with E-state index in [4.69, 9.17) is 5.73 Å². The first kappa shape index (κ1) is 16.6. The summed E-state index contributed by atoms with van der Waals surface area (Å²) in [7, 11) is 2.04. The molecule has 5 nitrogen and oxygen atoms in total. The number of aliphatic imine (C=N–C) groups is 1. The minimum Gasteiger partial charge on any atom is -0.351 e.